The minimum Gasteiger partial charge on any atom is -0.493 e. The van der Waals surface area contributed by atoms with Gasteiger partial charge in [0.2, 0.25) is 17.2 Å². The molecule has 2 saturated heterocycles. The Bertz CT molecular complexity index is 3570. The van der Waals surface area contributed by atoms with Crippen LogP contribution in [0.5, 0.6) is 51.7 Å². The first kappa shape index (κ1) is 61.8. The number of aliphatic hydroxyl groups is 2. The third kappa shape index (κ3) is 12.5. The quantitative estimate of drug-likeness (QED) is 0.0657. The van der Waals surface area contributed by atoms with Crippen molar-refractivity contribution in [3.63, 3.8) is 0 Å². The highest BCUT2D eigenvalue weighted by atomic mass is 127. The van der Waals surface area contributed by atoms with Gasteiger partial charge in [0.1, 0.15) is 16.6 Å². The maximum atomic E-state index is 11.3. The number of methoxy groups -OCH3 is 9. The SMILES string of the molecule is COc1cc(-c2cnc3[nH]cc(C(O)C4(C)CCCN(C)C4)c3n2)cc(OC)c1OC.COc1cc(-c2cnc3[nH]cc(C(O)C4(C)CCCN(C)C4)c3n2)cc(OC)c1OC.COc1cc(-c2cnc3c(n2)c(I)cn3C)cc(OC)c1OC. The van der Waals surface area contributed by atoms with E-state index in [0.717, 1.165) is 100 Å². The molecular weight excluding hydrogens is 1200 g/mol. The molecule has 85 heavy (non-hydrogen) atoms. The normalized spacial score (nSPS) is 17.9. The van der Waals surface area contributed by atoms with Gasteiger partial charge in [-0.15, -0.1) is 0 Å². The van der Waals surface area contributed by atoms with Crippen LogP contribution in [0.25, 0.3) is 67.3 Å². The van der Waals surface area contributed by atoms with Crippen molar-refractivity contribution in [2.45, 2.75) is 51.7 Å². The molecule has 2 aliphatic heterocycles. The van der Waals surface area contributed by atoms with Gasteiger partial charge in [-0.05, 0) is 112 Å². The Morgan fingerprint density at radius 2 is 0.824 bits per heavy atom. The van der Waals surface area contributed by atoms with Crippen LogP contribution >= 0.6 is 22.6 Å². The molecule has 4 unspecified atom stereocenters. The van der Waals surface area contributed by atoms with E-state index in [-0.39, 0.29) is 10.8 Å². The van der Waals surface area contributed by atoms with E-state index in [0.29, 0.717) is 85.5 Å². The molecular formula is C62H76IN11O11. The number of aromatic nitrogens is 9. The second kappa shape index (κ2) is 26.3. The van der Waals surface area contributed by atoms with Crippen LogP contribution in [0.2, 0.25) is 0 Å². The van der Waals surface area contributed by atoms with Gasteiger partial charge in [-0.2, -0.15) is 0 Å². The monoisotopic (exact) mass is 1280 g/mol. The van der Waals surface area contributed by atoms with Gasteiger partial charge >= 0.3 is 0 Å². The van der Waals surface area contributed by atoms with Gasteiger partial charge in [0.25, 0.3) is 0 Å². The molecule has 0 aliphatic carbocycles. The molecule has 0 amide bonds. The van der Waals surface area contributed by atoms with Crippen molar-refractivity contribution < 1.29 is 52.8 Å². The van der Waals surface area contributed by atoms with Crippen LogP contribution in [-0.4, -0.2) is 169 Å². The van der Waals surface area contributed by atoms with Crippen LogP contribution in [0.15, 0.2) is 73.6 Å². The fourth-order valence-electron chi connectivity index (χ4n) is 11.7. The van der Waals surface area contributed by atoms with E-state index >= 15 is 0 Å². The summed E-state index contributed by atoms with van der Waals surface area (Å²) >= 11 is 2.26. The molecule has 22 nitrogen and oxygen atoms in total. The summed E-state index contributed by atoms with van der Waals surface area (Å²) in [6, 6.07) is 11.1. The van der Waals surface area contributed by atoms with Gasteiger partial charge in [-0.3, -0.25) is 0 Å². The molecule has 452 valence electrons. The average Bonchev–Trinajstić information content (AvgIpc) is 2.97. The van der Waals surface area contributed by atoms with Crippen molar-refractivity contribution in [2.24, 2.45) is 17.9 Å². The lowest BCUT2D eigenvalue weighted by Crippen LogP contribution is -2.42. The maximum Gasteiger partial charge on any atom is 0.203 e. The third-order valence-corrected chi connectivity index (χ3v) is 16.9. The highest BCUT2D eigenvalue weighted by Gasteiger charge is 2.40. The number of H-pyrrole nitrogens is 2. The van der Waals surface area contributed by atoms with Crippen molar-refractivity contribution in [3.8, 4) is 85.5 Å². The predicted octanol–water partition coefficient (Wildman–Crippen LogP) is 10.1. The summed E-state index contributed by atoms with van der Waals surface area (Å²) in [6.07, 6.45) is 13.6. The van der Waals surface area contributed by atoms with Crippen molar-refractivity contribution in [3.05, 3.63) is 88.3 Å². The standard InChI is InChI=1S/2C23H30N4O4.C16H16IN3O3/c2*1-23(7-6-8-27(2)13-23)21(28)15-11-24-22-19(15)26-16(12-25-22)14-9-17(29-3)20(31-5)18(10-14)30-4;1-20-8-10(17)14-16(20)18-7-11(19-14)9-5-12(21-2)15(23-4)13(6-9)22-3/h2*9-12,21,28H,6-8,13H2,1-5H3,(H,24,25);5-8H,1-4H3. The predicted molar refractivity (Wildman–Crippen MR) is 334 cm³/mol. The molecule has 11 rings (SSSR count). The third-order valence-electron chi connectivity index (χ3n) is 16.1. The zero-order chi connectivity index (χ0) is 60.9. The topological polar surface area (TPSA) is 244 Å². The van der Waals surface area contributed by atoms with E-state index in [1.165, 1.54) is 0 Å². The molecule has 3 aromatic carbocycles. The van der Waals surface area contributed by atoms with E-state index in [1.54, 1.807) is 82.6 Å². The lowest BCUT2D eigenvalue weighted by atomic mass is 9.75. The van der Waals surface area contributed by atoms with E-state index in [2.05, 4.69) is 85.3 Å². The number of hydrogen-bond acceptors (Lipinski definition) is 19. The highest BCUT2D eigenvalue weighted by molar-refractivity contribution is 14.1. The number of aryl methyl sites for hydroxylation is 1. The number of hydrogen-bond donors (Lipinski definition) is 4. The van der Waals surface area contributed by atoms with Gasteiger partial charge in [0, 0.05) is 77.4 Å². The maximum absolute atomic E-state index is 11.3. The van der Waals surface area contributed by atoms with Crippen LogP contribution in [0.4, 0.5) is 0 Å². The Hall–Kier alpha value is -7.71. The lowest BCUT2D eigenvalue weighted by molar-refractivity contribution is -0.0138. The first-order valence-electron chi connectivity index (χ1n) is 27.7. The van der Waals surface area contributed by atoms with Crippen LogP contribution < -0.4 is 42.6 Å². The van der Waals surface area contributed by atoms with Gasteiger partial charge in [0.15, 0.2) is 51.4 Å². The summed E-state index contributed by atoms with van der Waals surface area (Å²) in [7, 11) is 20.4. The summed E-state index contributed by atoms with van der Waals surface area (Å²) in [5.74, 6) is 4.97. The number of aliphatic hydroxyl groups excluding tert-OH is 2. The van der Waals surface area contributed by atoms with E-state index < -0.39 is 12.2 Å². The summed E-state index contributed by atoms with van der Waals surface area (Å²) in [6.45, 7) is 8.07. The van der Waals surface area contributed by atoms with Gasteiger partial charge < -0.3 is 77.2 Å². The zero-order valence-corrected chi connectivity index (χ0v) is 52.9. The number of nitrogens with one attached hydrogen (secondary N) is 2. The van der Waals surface area contributed by atoms with Crippen LogP contribution in [0.3, 0.4) is 0 Å². The molecule has 0 bridgehead atoms. The number of rotatable bonds is 16. The second-order valence-electron chi connectivity index (χ2n) is 21.9. The van der Waals surface area contributed by atoms with Gasteiger partial charge in [-0.25, -0.2) is 29.9 Å². The van der Waals surface area contributed by atoms with Crippen LogP contribution in [0, 0.1) is 14.4 Å². The molecule has 2 fully saturated rings. The Balaban J connectivity index is 0.000000155. The van der Waals surface area contributed by atoms with Crippen molar-refractivity contribution in [1.82, 2.24) is 54.2 Å². The number of ether oxygens (including phenoxy) is 9. The van der Waals surface area contributed by atoms with Gasteiger partial charge in [0.05, 0.1) is 115 Å². The minimum atomic E-state index is -0.645. The zero-order valence-electron chi connectivity index (χ0n) is 50.7. The number of piperidine rings is 2. The first-order chi connectivity index (χ1) is 40.9. The molecule has 0 spiro atoms. The van der Waals surface area contributed by atoms with Crippen molar-refractivity contribution >= 4 is 56.1 Å². The Labute approximate surface area is 508 Å². The summed E-state index contributed by atoms with van der Waals surface area (Å²) in [5, 5.41) is 22.7. The largest absolute Gasteiger partial charge is 0.493 e. The summed E-state index contributed by atoms with van der Waals surface area (Å²) in [5.41, 5.74) is 9.93. The number of nitrogens with zero attached hydrogens (tertiary/aromatic N) is 9. The Kier molecular flexibility index (Phi) is 19.1. The highest BCUT2D eigenvalue weighted by Crippen LogP contribution is 2.47. The number of benzene rings is 3. The molecule has 0 radical (unpaired) electrons. The number of aromatic amines is 2. The van der Waals surface area contributed by atoms with Gasteiger partial charge in [-0.1, -0.05) is 13.8 Å². The minimum absolute atomic E-state index is 0.244. The number of halogens is 1. The van der Waals surface area contributed by atoms with Crippen LogP contribution in [-0.2, 0) is 7.05 Å². The van der Waals surface area contributed by atoms with E-state index in [9.17, 15) is 10.2 Å². The molecule has 6 aromatic heterocycles. The fraction of sp³-hybridized carbons (Fsp3) is 0.419. The second-order valence-corrected chi connectivity index (χ2v) is 23.1. The average molecular weight is 1280 g/mol. The molecule has 4 atom stereocenters. The summed E-state index contributed by atoms with van der Waals surface area (Å²) < 4.78 is 51.9. The molecule has 23 heteroatoms. The lowest BCUT2D eigenvalue weighted by Gasteiger charge is -2.41. The van der Waals surface area contributed by atoms with Crippen LogP contribution in [0.1, 0.15) is 62.9 Å². The molecule has 0 saturated carbocycles. The molecule has 8 heterocycles. The molecule has 4 N–H and O–H groups in total. The smallest absolute Gasteiger partial charge is 0.203 e. The Morgan fingerprint density at radius 1 is 0.494 bits per heavy atom. The first-order valence-corrected chi connectivity index (χ1v) is 28.8. The summed E-state index contributed by atoms with van der Waals surface area (Å²) in [4.78, 5) is 38.9. The van der Waals surface area contributed by atoms with E-state index in [4.69, 9.17) is 57.6 Å². The number of likely N-dealkylation sites (tertiary alicyclic amines) is 2. The molecule has 9 aromatic rings. The van der Waals surface area contributed by atoms with E-state index in [1.807, 2.05) is 66.6 Å². The molecule has 2 aliphatic rings. The van der Waals surface area contributed by atoms with Crippen molar-refractivity contribution in [1.29, 1.82) is 0 Å². The van der Waals surface area contributed by atoms with Crippen molar-refractivity contribution in [2.75, 3.05) is 104 Å². The Morgan fingerprint density at radius 3 is 1.14 bits per heavy atom. The number of fused-ring (bicyclic) bond motifs is 3. The fourth-order valence-corrected chi connectivity index (χ4v) is 12.5.